The number of ketones is 1. The summed E-state index contributed by atoms with van der Waals surface area (Å²) >= 11 is 0. The minimum absolute atomic E-state index is 0.122. The summed E-state index contributed by atoms with van der Waals surface area (Å²) in [4.78, 5) is 26.0. The highest BCUT2D eigenvalue weighted by molar-refractivity contribution is 6.11. The molecule has 0 N–H and O–H groups in total. The molecule has 0 aliphatic heterocycles. The number of carbonyl (C=O) groups is 1. The van der Waals surface area contributed by atoms with Crippen LogP contribution in [-0.4, -0.2) is 15.7 Å². The van der Waals surface area contributed by atoms with E-state index in [-0.39, 0.29) is 5.69 Å². The maximum absolute atomic E-state index is 13.0. The monoisotopic (exact) mass is 278 g/mol. The summed E-state index contributed by atoms with van der Waals surface area (Å²) in [7, 11) is 0. The molecule has 2 aromatic rings. The van der Waals surface area contributed by atoms with Gasteiger partial charge in [-0.25, -0.2) is 8.78 Å². The van der Waals surface area contributed by atoms with Gasteiger partial charge in [-0.2, -0.15) is 0 Å². The predicted octanol–water partition coefficient (Wildman–Crippen LogP) is 3.16. The summed E-state index contributed by atoms with van der Waals surface area (Å²) in [5.41, 5.74) is -2.07. The van der Waals surface area contributed by atoms with Crippen molar-refractivity contribution in [3.05, 3.63) is 69.5 Å². The van der Waals surface area contributed by atoms with Crippen molar-refractivity contribution in [3.8, 4) is 0 Å². The molecular weight excluding hydrogens is 270 g/mol. The number of halogens is 2. The molecule has 2 rings (SSSR count). The molecule has 0 fully saturated rings. The molecule has 7 heteroatoms. The van der Waals surface area contributed by atoms with Gasteiger partial charge in [0, 0.05) is 17.8 Å². The van der Waals surface area contributed by atoms with Gasteiger partial charge in [-0.15, -0.1) is 0 Å². The van der Waals surface area contributed by atoms with E-state index in [2.05, 4.69) is 4.98 Å². The van der Waals surface area contributed by atoms with Gasteiger partial charge in [-0.1, -0.05) is 18.2 Å². The number of alkyl halides is 2. The first-order chi connectivity index (χ1) is 9.52. The minimum Gasteiger partial charge on any atom is -0.287 e. The summed E-state index contributed by atoms with van der Waals surface area (Å²) in [6.07, 6.45) is -1.68. The molecule has 1 aromatic heterocycles. The van der Waals surface area contributed by atoms with Crippen LogP contribution in [-0.2, 0) is 0 Å². The lowest BCUT2D eigenvalue weighted by Gasteiger charge is -2.08. The number of hydrogen-bond donors (Lipinski definition) is 0. The second-order valence-corrected chi connectivity index (χ2v) is 3.84. The number of nitro groups is 1. The van der Waals surface area contributed by atoms with E-state index < -0.39 is 33.9 Å². The lowest BCUT2D eigenvalue weighted by molar-refractivity contribution is -0.385. The van der Waals surface area contributed by atoms with Crippen molar-refractivity contribution in [2.24, 2.45) is 0 Å². The number of hydrogen-bond acceptors (Lipinski definition) is 4. The summed E-state index contributed by atoms with van der Waals surface area (Å²) in [5.74, 6) is -0.895. The van der Waals surface area contributed by atoms with E-state index in [0.717, 1.165) is 18.2 Å². The van der Waals surface area contributed by atoms with Crippen molar-refractivity contribution in [2.75, 3.05) is 0 Å². The Morgan fingerprint density at radius 2 is 1.95 bits per heavy atom. The van der Waals surface area contributed by atoms with Gasteiger partial charge in [0.25, 0.3) is 12.1 Å². The molecule has 0 bridgehead atoms. The largest absolute Gasteiger partial charge is 0.287 e. The topological polar surface area (TPSA) is 73.1 Å². The van der Waals surface area contributed by atoms with Gasteiger partial charge in [0.1, 0.15) is 11.3 Å². The first kappa shape index (κ1) is 13.7. The number of aromatic nitrogens is 1. The molecule has 1 heterocycles. The van der Waals surface area contributed by atoms with Gasteiger partial charge in [-0.05, 0) is 12.1 Å². The zero-order chi connectivity index (χ0) is 14.7. The molecule has 0 atom stereocenters. The zero-order valence-electron chi connectivity index (χ0n) is 9.99. The second kappa shape index (κ2) is 5.52. The SMILES string of the molecule is O=C(c1ccccn1)c1c(C(F)F)cccc1[N+](=O)[O-]. The van der Waals surface area contributed by atoms with Gasteiger partial charge < -0.3 is 0 Å². The molecule has 102 valence electrons. The van der Waals surface area contributed by atoms with Crippen LogP contribution in [0.4, 0.5) is 14.5 Å². The van der Waals surface area contributed by atoms with Crippen LogP contribution in [0.5, 0.6) is 0 Å². The van der Waals surface area contributed by atoms with Gasteiger partial charge in [0.05, 0.1) is 4.92 Å². The Bertz CT molecular complexity index is 660. The first-order valence-electron chi connectivity index (χ1n) is 5.53. The highest BCUT2D eigenvalue weighted by atomic mass is 19.3. The van der Waals surface area contributed by atoms with Crippen molar-refractivity contribution in [2.45, 2.75) is 6.43 Å². The van der Waals surface area contributed by atoms with E-state index in [1.165, 1.54) is 18.3 Å². The van der Waals surface area contributed by atoms with E-state index in [0.29, 0.717) is 0 Å². The molecule has 0 amide bonds. The summed E-state index contributed by atoms with van der Waals surface area (Å²) in [5, 5.41) is 10.9. The standard InChI is InChI=1S/C13H8F2N2O3/c14-13(15)8-4-3-6-10(17(19)20)11(8)12(18)9-5-1-2-7-16-9/h1-7,13H. The van der Waals surface area contributed by atoms with E-state index in [1.807, 2.05) is 0 Å². The van der Waals surface area contributed by atoms with E-state index in [4.69, 9.17) is 0 Å². The van der Waals surface area contributed by atoms with Gasteiger partial charge in [-0.3, -0.25) is 19.9 Å². The van der Waals surface area contributed by atoms with Gasteiger partial charge in [0.15, 0.2) is 0 Å². The number of carbonyl (C=O) groups excluding carboxylic acids is 1. The van der Waals surface area contributed by atoms with Crippen LogP contribution in [0.1, 0.15) is 28.0 Å². The Kier molecular flexibility index (Phi) is 3.79. The molecule has 0 aliphatic carbocycles. The molecule has 5 nitrogen and oxygen atoms in total. The fourth-order valence-electron chi connectivity index (χ4n) is 1.76. The lowest BCUT2D eigenvalue weighted by atomic mass is 9.99. The average molecular weight is 278 g/mol. The van der Waals surface area contributed by atoms with Crippen molar-refractivity contribution >= 4 is 11.5 Å². The van der Waals surface area contributed by atoms with E-state index in [9.17, 15) is 23.7 Å². The number of nitrogens with zero attached hydrogens (tertiary/aromatic N) is 2. The fraction of sp³-hybridized carbons (Fsp3) is 0.0769. The van der Waals surface area contributed by atoms with Gasteiger partial charge >= 0.3 is 0 Å². The van der Waals surface area contributed by atoms with Crippen molar-refractivity contribution < 1.29 is 18.5 Å². The minimum atomic E-state index is -2.99. The maximum atomic E-state index is 13.0. The van der Waals surface area contributed by atoms with Crippen LogP contribution >= 0.6 is 0 Å². The van der Waals surface area contributed by atoms with Crippen LogP contribution in [0.3, 0.4) is 0 Å². The summed E-state index contributed by atoms with van der Waals surface area (Å²) < 4.78 is 25.9. The van der Waals surface area contributed by atoms with Gasteiger partial charge in [0.2, 0.25) is 5.78 Å². The number of nitro benzene ring substituents is 1. The predicted molar refractivity (Wildman–Crippen MR) is 65.7 cm³/mol. The molecule has 0 unspecified atom stereocenters. The highest BCUT2D eigenvalue weighted by Crippen LogP contribution is 2.31. The highest BCUT2D eigenvalue weighted by Gasteiger charge is 2.28. The normalized spacial score (nSPS) is 10.6. The van der Waals surface area contributed by atoms with Crippen LogP contribution in [0, 0.1) is 10.1 Å². The Morgan fingerprint density at radius 1 is 1.20 bits per heavy atom. The molecule has 1 aromatic carbocycles. The van der Waals surface area contributed by atoms with Crippen molar-refractivity contribution in [3.63, 3.8) is 0 Å². The van der Waals surface area contributed by atoms with Crippen LogP contribution in [0.15, 0.2) is 42.6 Å². The Morgan fingerprint density at radius 3 is 2.50 bits per heavy atom. The molecule has 0 saturated heterocycles. The number of rotatable bonds is 4. The average Bonchev–Trinajstić information content (AvgIpc) is 2.46. The Balaban J connectivity index is 2.65. The van der Waals surface area contributed by atoms with Crippen LogP contribution < -0.4 is 0 Å². The number of pyridine rings is 1. The Hall–Kier alpha value is -2.70. The molecule has 0 spiro atoms. The first-order valence-corrected chi connectivity index (χ1v) is 5.53. The molecule has 0 saturated carbocycles. The molecule has 0 aliphatic rings. The smallest absolute Gasteiger partial charge is 0.281 e. The Labute approximate surface area is 112 Å². The third kappa shape index (κ3) is 2.51. The second-order valence-electron chi connectivity index (χ2n) is 3.84. The van der Waals surface area contributed by atoms with Crippen LogP contribution in [0.2, 0.25) is 0 Å². The number of benzene rings is 1. The fourth-order valence-corrected chi connectivity index (χ4v) is 1.76. The molecular formula is C13H8F2N2O3. The summed E-state index contributed by atoms with van der Waals surface area (Å²) in [6.45, 7) is 0. The lowest BCUT2D eigenvalue weighted by Crippen LogP contribution is -2.11. The van der Waals surface area contributed by atoms with E-state index >= 15 is 0 Å². The van der Waals surface area contributed by atoms with Crippen molar-refractivity contribution in [1.29, 1.82) is 0 Å². The molecule has 0 radical (unpaired) electrons. The molecule has 20 heavy (non-hydrogen) atoms. The van der Waals surface area contributed by atoms with E-state index in [1.54, 1.807) is 6.07 Å². The third-order valence-corrected chi connectivity index (χ3v) is 2.63. The third-order valence-electron chi connectivity index (χ3n) is 2.63. The summed E-state index contributed by atoms with van der Waals surface area (Å²) in [6, 6.07) is 7.49. The van der Waals surface area contributed by atoms with Crippen LogP contribution in [0.25, 0.3) is 0 Å². The maximum Gasteiger partial charge on any atom is 0.281 e. The zero-order valence-corrected chi connectivity index (χ0v) is 9.99. The quantitative estimate of drug-likeness (QED) is 0.489. The van der Waals surface area contributed by atoms with Crippen molar-refractivity contribution in [1.82, 2.24) is 4.98 Å².